The third kappa shape index (κ3) is 3.50. The maximum Gasteiger partial charge on any atom is 0.164 e. The molecule has 0 amide bonds. The van der Waals surface area contributed by atoms with Gasteiger partial charge in [0.15, 0.2) is 11.5 Å². The number of nitrogens with two attached hydrogens (primary N) is 1. The summed E-state index contributed by atoms with van der Waals surface area (Å²) in [6.45, 7) is 8.93. The number of para-hydroxylation sites is 1. The third-order valence-electron chi connectivity index (χ3n) is 3.95. The fraction of sp³-hybridized carbons (Fsp3) is 0.647. The van der Waals surface area contributed by atoms with Crippen LogP contribution in [0, 0.1) is 0 Å². The van der Waals surface area contributed by atoms with Crippen LogP contribution < -0.4 is 15.2 Å². The zero-order chi connectivity index (χ0) is 15.7. The first-order valence-corrected chi connectivity index (χ1v) is 7.52. The van der Waals surface area contributed by atoms with Crippen molar-refractivity contribution >= 4 is 0 Å². The number of rotatable bonds is 5. The van der Waals surface area contributed by atoms with E-state index in [1.54, 1.807) is 7.11 Å². The summed E-state index contributed by atoms with van der Waals surface area (Å²) in [4.78, 5) is 0. The highest BCUT2D eigenvalue weighted by Crippen LogP contribution is 2.42. The summed E-state index contributed by atoms with van der Waals surface area (Å²) in [5, 5.41) is 0. The van der Waals surface area contributed by atoms with E-state index >= 15 is 0 Å². The minimum Gasteiger partial charge on any atom is -0.493 e. The van der Waals surface area contributed by atoms with Crippen molar-refractivity contribution in [1.82, 2.24) is 0 Å². The fourth-order valence-corrected chi connectivity index (χ4v) is 3.05. The normalized spacial score (nSPS) is 23.0. The van der Waals surface area contributed by atoms with Crippen molar-refractivity contribution in [2.45, 2.75) is 57.8 Å². The van der Waals surface area contributed by atoms with Gasteiger partial charge in [-0.2, -0.15) is 0 Å². The molecule has 21 heavy (non-hydrogen) atoms. The predicted molar refractivity (Wildman–Crippen MR) is 84.0 cm³/mol. The van der Waals surface area contributed by atoms with Gasteiger partial charge in [0.2, 0.25) is 0 Å². The Labute approximate surface area is 127 Å². The van der Waals surface area contributed by atoms with Crippen molar-refractivity contribution in [1.29, 1.82) is 0 Å². The Kier molecular flexibility index (Phi) is 4.49. The Bertz CT molecular complexity index is 497. The second-order valence-electron chi connectivity index (χ2n) is 6.76. The first-order valence-electron chi connectivity index (χ1n) is 7.52. The fourth-order valence-electron chi connectivity index (χ4n) is 3.05. The summed E-state index contributed by atoms with van der Waals surface area (Å²) in [5.74, 6) is 1.55. The summed E-state index contributed by atoms with van der Waals surface area (Å²) in [7, 11) is 1.66. The summed E-state index contributed by atoms with van der Waals surface area (Å²) >= 11 is 0. The molecule has 4 heteroatoms. The first kappa shape index (κ1) is 16.1. The molecular weight excluding hydrogens is 266 g/mol. The Morgan fingerprint density at radius 3 is 2.52 bits per heavy atom. The minimum absolute atomic E-state index is 0.0136. The van der Waals surface area contributed by atoms with Gasteiger partial charge in [-0.15, -0.1) is 0 Å². The van der Waals surface area contributed by atoms with Crippen molar-refractivity contribution in [3.63, 3.8) is 0 Å². The van der Waals surface area contributed by atoms with Gasteiger partial charge in [-0.1, -0.05) is 12.1 Å². The SMILES string of the molecule is COc1cccc(CCN)c1OC1CC(C)(C)OC1(C)C. The molecule has 1 unspecified atom stereocenters. The maximum absolute atomic E-state index is 6.33. The molecule has 118 valence electrons. The van der Waals surface area contributed by atoms with Crippen LogP contribution in [0.15, 0.2) is 18.2 Å². The van der Waals surface area contributed by atoms with E-state index < -0.39 is 0 Å². The Morgan fingerprint density at radius 1 is 1.29 bits per heavy atom. The van der Waals surface area contributed by atoms with Crippen molar-refractivity contribution in [3.05, 3.63) is 23.8 Å². The summed E-state index contributed by atoms with van der Waals surface area (Å²) in [5.41, 5.74) is 6.28. The Morgan fingerprint density at radius 2 is 2.00 bits per heavy atom. The molecule has 0 aromatic heterocycles. The van der Waals surface area contributed by atoms with E-state index in [2.05, 4.69) is 27.7 Å². The molecule has 0 radical (unpaired) electrons. The Balaban J connectivity index is 2.30. The van der Waals surface area contributed by atoms with Gasteiger partial charge in [-0.05, 0) is 52.3 Å². The molecular formula is C17H27NO3. The van der Waals surface area contributed by atoms with Crippen LogP contribution in [-0.2, 0) is 11.2 Å². The standard InChI is InChI=1S/C17H27NO3/c1-16(2)11-14(17(3,4)21-16)20-15-12(9-10-18)7-6-8-13(15)19-5/h6-8,14H,9-11,18H2,1-5H3. The lowest BCUT2D eigenvalue weighted by molar-refractivity contribution is -0.0848. The quantitative estimate of drug-likeness (QED) is 0.907. The molecule has 2 rings (SSSR count). The van der Waals surface area contributed by atoms with Gasteiger partial charge in [0.1, 0.15) is 11.7 Å². The topological polar surface area (TPSA) is 53.7 Å². The van der Waals surface area contributed by atoms with E-state index in [9.17, 15) is 0 Å². The molecule has 1 aromatic carbocycles. The van der Waals surface area contributed by atoms with Gasteiger partial charge >= 0.3 is 0 Å². The molecule has 4 nitrogen and oxygen atoms in total. The highest BCUT2D eigenvalue weighted by Gasteiger charge is 2.47. The van der Waals surface area contributed by atoms with Gasteiger partial charge in [0, 0.05) is 6.42 Å². The van der Waals surface area contributed by atoms with Crippen LogP contribution in [0.5, 0.6) is 11.5 Å². The zero-order valence-electron chi connectivity index (χ0n) is 13.7. The van der Waals surface area contributed by atoms with Gasteiger partial charge in [-0.3, -0.25) is 0 Å². The second-order valence-corrected chi connectivity index (χ2v) is 6.76. The summed E-state index contributed by atoms with van der Waals surface area (Å²) in [6, 6.07) is 5.93. The monoisotopic (exact) mass is 293 g/mol. The van der Waals surface area contributed by atoms with Crippen molar-refractivity contribution in [3.8, 4) is 11.5 Å². The largest absolute Gasteiger partial charge is 0.493 e. The van der Waals surface area contributed by atoms with E-state index in [0.29, 0.717) is 6.54 Å². The number of methoxy groups -OCH3 is 1. The molecule has 2 N–H and O–H groups in total. The van der Waals surface area contributed by atoms with Gasteiger partial charge in [0.25, 0.3) is 0 Å². The van der Waals surface area contributed by atoms with Crippen LogP contribution in [-0.4, -0.2) is 31.0 Å². The zero-order valence-corrected chi connectivity index (χ0v) is 13.7. The number of hydrogen-bond donors (Lipinski definition) is 1. The van der Waals surface area contributed by atoms with Gasteiger partial charge < -0.3 is 19.9 Å². The number of benzene rings is 1. The predicted octanol–water partition coefficient (Wildman–Crippen LogP) is 2.92. The van der Waals surface area contributed by atoms with Crippen LogP contribution in [0.25, 0.3) is 0 Å². The van der Waals surface area contributed by atoms with Crippen LogP contribution in [0.2, 0.25) is 0 Å². The summed E-state index contributed by atoms with van der Waals surface area (Å²) < 4.78 is 17.9. The molecule has 0 spiro atoms. The van der Waals surface area contributed by atoms with Crippen LogP contribution in [0.4, 0.5) is 0 Å². The molecule has 1 fully saturated rings. The highest BCUT2D eigenvalue weighted by molar-refractivity contribution is 5.47. The molecule has 1 saturated heterocycles. The molecule has 0 aliphatic carbocycles. The number of ether oxygens (including phenoxy) is 3. The molecule has 1 atom stereocenters. The molecule has 1 aliphatic heterocycles. The van der Waals surface area contributed by atoms with E-state index in [-0.39, 0.29) is 17.3 Å². The smallest absolute Gasteiger partial charge is 0.164 e. The first-order chi connectivity index (χ1) is 9.79. The van der Waals surface area contributed by atoms with Crippen LogP contribution in [0.3, 0.4) is 0 Å². The molecule has 1 aliphatic rings. The van der Waals surface area contributed by atoms with Crippen LogP contribution >= 0.6 is 0 Å². The van der Waals surface area contributed by atoms with E-state index in [0.717, 1.165) is 29.9 Å². The van der Waals surface area contributed by atoms with Crippen molar-refractivity contribution in [2.75, 3.05) is 13.7 Å². The Hall–Kier alpha value is -1.26. The maximum atomic E-state index is 6.33. The lowest BCUT2D eigenvalue weighted by Gasteiger charge is -2.28. The van der Waals surface area contributed by atoms with Gasteiger partial charge in [-0.25, -0.2) is 0 Å². The van der Waals surface area contributed by atoms with Gasteiger partial charge in [0.05, 0.1) is 12.7 Å². The van der Waals surface area contributed by atoms with E-state index in [1.165, 1.54) is 0 Å². The van der Waals surface area contributed by atoms with Crippen molar-refractivity contribution in [2.24, 2.45) is 5.73 Å². The average Bonchev–Trinajstić information content (AvgIpc) is 2.59. The second kappa shape index (κ2) is 5.85. The van der Waals surface area contributed by atoms with E-state index in [1.807, 2.05) is 18.2 Å². The molecule has 0 bridgehead atoms. The molecule has 1 aromatic rings. The summed E-state index contributed by atoms with van der Waals surface area (Å²) in [6.07, 6.45) is 1.60. The molecule has 1 heterocycles. The lowest BCUT2D eigenvalue weighted by atomic mass is 9.97. The third-order valence-corrected chi connectivity index (χ3v) is 3.95. The molecule has 0 saturated carbocycles. The highest BCUT2D eigenvalue weighted by atomic mass is 16.6. The van der Waals surface area contributed by atoms with Crippen molar-refractivity contribution < 1.29 is 14.2 Å². The minimum atomic E-state index is -0.329. The van der Waals surface area contributed by atoms with E-state index in [4.69, 9.17) is 19.9 Å². The van der Waals surface area contributed by atoms with Crippen LogP contribution in [0.1, 0.15) is 39.7 Å². The average molecular weight is 293 g/mol. The number of hydrogen-bond acceptors (Lipinski definition) is 4. The lowest BCUT2D eigenvalue weighted by Crippen LogP contribution is -2.37.